The highest BCUT2D eigenvalue weighted by atomic mass is 19.1. The standard InChI is InChI=1S/C12H9F2NO4/c1-19-12(18)10-7(13)2-3-8(11(10)14)15-5-6(16)4-9(15)17/h2-3H,4-5H2,1H3. The predicted molar refractivity (Wildman–Crippen MR) is 59.7 cm³/mol. The molecule has 1 aliphatic rings. The summed E-state index contributed by atoms with van der Waals surface area (Å²) in [4.78, 5) is 34.8. The monoisotopic (exact) mass is 269 g/mol. The van der Waals surface area contributed by atoms with Gasteiger partial charge in [-0.2, -0.15) is 0 Å². The SMILES string of the molecule is COC(=O)c1c(F)ccc(N2CC(=O)CC2=O)c1F. The van der Waals surface area contributed by atoms with Gasteiger partial charge in [0.25, 0.3) is 0 Å². The van der Waals surface area contributed by atoms with Crippen LogP contribution in [0.3, 0.4) is 0 Å². The van der Waals surface area contributed by atoms with Gasteiger partial charge in [-0.15, -0.1) is 0 Å². The summed E-state index contributed by atoms with van der Waals surface area (Å²) in [5, 5.41) is 0. The summed E-state index contributed by atoms with van der Waals surface area (Å²) in [5.74, 6) is -4.45. The van der Waals surface area contributed by atoms with Gasteiger partial charge in [0, 0.05) is 0 Å². The summed E-state index contributed by atoms with van der Waals surface area (Å²) in [5.41, 5.74) is -1.19. The van der Waals surface area contributed by atoms with E-state index in [0.29, 0.717) is 0 Å². The van der Waals surface area contributed by atoms with Gasteiger partial charge in [0.05, 0.1) is 25.8 Å². The van der Waals surface area contributed by atoms with Crippen LogP contribution in [0.15, 0.2) is 12.1 Å². The predicted octanol–water partition coefficient (Wildman–Crippen LogP) is 1.06. The van der Waals surface area contributed by atoms with Crippen molar-refractivity contribution in [2.45, 2.75) is 6.42 Å². The molecule has 1 aromatic carbocycles. The molecule has 0 spiro atoms. The summed E-state index contributed by atoms with van der Waals surface area (Å²) < 4.78 is 31.8. The molecule has 0 saturated carbocycles. The lowest BCUT2D eigenvalue weighted by Crippen LogP contribution is -2.26. The van der Waals surface area contributed by atoms with Crippen LogP contribution in [-0.4, -0.2) is 31.3 Å². The van der Waals surface area contributed by atoms with Crippen LogP contribution in [0, 0.1) is 11.6 Å². The minimum absolute atomic E-state index is 0.290. The quantitative estimate of drug-likeness (QED) is 0.595. The lowest BCUT2D eigenvalue weighted by atomic mass is 10.1. The summed E-state index contributed by atoms with van der Waals surface area (Å²) in [6, 6.07) is 1.86. The molecule has 0 atom stereocenters. The fourth-order valence-electron chi connectivity index (χ4n) is 1.84. The molecule has 5 nitrogen and oxygen atoms in total. The van der Waals surface area contributed by atoms with Gasteiger partial charge in [0.1, 0.15) is 11.4 Å². The molecule has 7 heteroatoms. The number of halogens is 2. The largest absolute Gasteiger partial charge is 0.465 e. The van der Waals surface area contributed by atoms with E-state index in [-0.39, 0.29) is 24.4 Å². The highest BCUT2D eigenvalue weighted by molar-refractivity contribution is 6.15. The number of esters is 1. The molecule has 1 aliphatic heterocycles. The van der Waals surface area contributed by atoms with E-state index < -0.39 is 29.1 Å². The van der Waals surface area contributed by atoms with E-state index in [2.05, 4.69) is 4.74 Å². The first-order valence-electron chi connectivity index (χ1n) is 5.34. The molecule has 0 aliphatic carbocycles. The molecule has 2 rings (SSSR count). The zero-order valence-corrected chi connectivity index (χ0v) is 9.91. The number of benzene rings is 1. The summed E-state index contributed by atoms with van der Waals surface area (Å²) in [7, 11) is 0.985. The third kappa shape index (κ3) is 2.18. The van der Waals surface area contributed by atoms with Gasteiger partial charge in [-0.25, -0.2) is 13.6 Å². The molecule has 1 amide bonds. The van der Waals surface area contributed by atoms with Crippen LogP contribution in [0.1, 0.15) is 16.8 Å². The van der Waals surface area contributed by atoms with Crippen LogP contribution >= 0.6 is 0 Å². The second kappa shape index (κ2) is 4.75. The number of anilines is 1. The number of ether oxygens (including phenoxy) is 1. The van der Waals surface area contributed by atoms with E-state index >= 15 is 0 Å². The van der Waals surface area contributed by atoms with Crippen molar-refractivity contribution in [1.29, 1.82) is 0 Å². The average Bonchev–Trinajstić information content (AvgIpc) is 2.68. The van der Waals surface area contributed by atoms with Gasteiger partial charge < -0.3 is 9.64 Å². The Morgan fingerprint density at radius 2 is 2.00 bits per heavy atom. The molecule has 100 valence electrons. The zero-order valence-electron chi connectivity index (χ0n) is 9.91. The molecule has 0 aromatic heterocycles. The van der Waals surface area contributed by atoms with Crippen molar-refractivity contribution >= 4 is 23.3 Å². The van der Waals surface area contributed by atoms with Crippen molar-refractivity contribution in [2.75, 3.05) is 18.6 Å². The Labute approximate surface area is 106 Å². The van der Waals surface area contributed by atoms with Crippen molar-refractivity contribution in [2.24, 2.45) is 0 Å². The van der Waals surface area contributed by atoms with Crippen molar-refractivity contribution < 1.29 is 27.9 Å². The molecule has 0 bridgehead atoms. The van der Waals surface area contributed by atoms with Crippen LogP contribution < -0.4 is 4.90 Å². The van der Waals surface area contributed by atoms with Gasteiger partial charge in [-0.3, -0.25) is 9.59 Å². The number of Topliss-reactive ketones (excluding diaryl/α,β-unsaturated/α-hetero) is 1. The van der Waals surface area contributed by atoms with Crippen LogP contribution in [0.25, 0.3) is 0 Å². The number of nitrogens with zero attached hydrogens (tertiary/aromatic N) is 1. The second-order valence-corrected chi connectivity index (χ2v) is 3.94. The summed E-state index contributed by atoms with van der Waals surface area (Å²) in [6.07, 6.45) is -0.329. The van der Waals surface area contributed by atoms with Crippen molar-refractivity contribution in [3.63, 3.8) is 0 Å². The Balaban J connectivity index is 2.51. The van der Waals surface area contributed by atoms with E-state index in [1.54, 1.807) is 0 Å². The fraction of sp³-hybridized carbons (Fsp3) is 0.250. The molecule has 1 heterocycles. The normalized spacial score (nSPS) is 15.0. The maximum absolute atomic E-state index is 14.1. The molecular formula is C12H9F2NO4. The Morgan fingerprint density at radius 3 is 2.53 bits per heavy atom. The minimum Gasteiger partial charge on any atom is -0.465 e. The molecular weight excluding hydrogens is 260 g/mol. The second-order valence-electron chi connectivity index (χ2n) is 3.94. The summed E-state index contributed by atoms with van der Waals surface area (Å²) in [6.45, 7) is -0.290. The Kier molecular flexibility index (Phi) is 3.28. The molecule has 0 N–H and O–H groups in total. The van der Waals surface area contributed by atoms with Gasteiger partial charge in [-0.05, 0) is 12.1 Å². The highest BCUT2D eigenvalue weighted by Crippen LogP contribution is 2.27. The first kappa shape index (κ1) is 13.1. The number of carbonyl (C=O) groups excluding carboxylic acids is 3. The number of hydrogen-bond acceptors (Lipinski definition) is 4. The highest BCUT2D eigenvalue weighted by Gasteiger charge is 2.32. The minimum atomic E-state index is -1.21. The van der Waals surface area contributed by atoms with E-state index in [0.717, 1.165) is 24.1 Å². The number of carbonyl (C=O) groups is 3. The number of methoxy groups -OCH3 is 1. The number of rotatable bonds is 2. The van der Waals surface area contributed by atoms with E-state index in [4.69, 9.17) is 0 Å². The smallest absolute Gasteiger partial charge is 0.343 e. The molecule has 19 heavy (non-hydrogen) atoms. The van der Waals surface area contributed by atoms with E-state index in [1.807, 2.05) is 0 Å². The molecule has 0 radical (unpaired) electrons. The van der Waals surface area contributed by atoms with Crippen LogP contribution in [0.2, 0.25) is 0 Å². The topological polar surface area (TPSA) is 63.7 Å². The van der Waals surface area contributed by atoms with Crippen LogP contribution in [0.5, 0.6) is 0 Å². The Hall–Kier alpha value is -2.31. The molecule has 1 aromatic rings. The zero-order chi connectivity index (χ0) is 14.2. The van der Waals surface area contributed by atoms with Gasteiger partial charge in [0.2, 0.25) is 5.91 Å². The Morgan fingerprint density at radius 1 is 1.32 bits per heavy atom. The van der Waals surface area contributed by atoms with Crippen LogP contribution in [-0.2, 0) is 14.3 Å². The van der Waals surface area contributed by atoms with Crippen molar-refractivity contribution in [1.82, 2.24) is 0 Å². The first-order valence-corrected chi connectivity index (χ1v) is 5.34. The summed E-state index contributed by atoms with van der Waals surface area (Å²) >= 11 is 0. The van der Waals surface area contributed by atoms with Gasteiger partial charge >= 0.3 is 5.97 Å². The maximum atomic E-state index is 14.1. The number of ketones is 1. The van der Waals surface area contributed by atoms with E-state index in [9.17, 15) is 23.2 Å². The van der Waals surface area contributed by atoms with Crippen molar-refractivity contribution in [3.8, 4) is 0 Å². The number of amides is 1. The maximum Gasteiger partial charge on any atom is 0.343 e. The fourth-order valence-corrected chi connectivity index (χ4v) is 1.84. The average molecular weight is 269 g/mol. The third-order valence-corrected chi connectivity index (χ3v) is 2.73. The lowest BCUT2D eigenvalue weighted by Gasteiger charge is -2.17. The van der Waals surface area contributed by atoms with Crippen molar-refractivity contribution in [3.05, 3.63) is 29.3 Å². The molecule has 1 fully saturated rings. The lowest BCUT2D eigenvalue weighted by molar-refractivity contribution is -0.121. The van der Waals surface area contributed by atoms with Gasteiger partial charge in [-0.1, -0.05) is 0 Å². The third-order valence-electron chi connectivity index (χ3n) is 2.73. The Bertz CT molecular complexity index is 585. The number of hydrogen-bond donors (Lipinski definition) is 0. The molecule has 1 saturated heterocycles. The van der Waals surface area contributed by atoms with E-state index in [1.165, 1.54) is 0 Å². The van der Waals surface area contributed by atoms with Crippen LogP contribution in [0.4, 0.5) is 14.5 Å². The van der Waals surface area contributed by atoms with Gasteiger partial charge in [0.15, 0.2) is 11.6 Å². The first-order chi connectivity index (χ1) is 8.95. The molecule has 0 unspecified atom stereocenters.